The average molecular weight is 891 g/mol. The first kappa shape index (κ1) is 61.6. The number of hydrogen-bond acceptors (Lipinski definition) is 5. The number of esters is 1. The molecule has 0 heterocycles. The summed E-state index contributed by atoms with van der Waals surface area (Å²) in [4.78, 5) is 24.5. The van der Waals surface area contributed by atoms with Gasteiger partial charge < -0.3 is 20.3 Å². The molecule has 2 unspecified atom stereocenters. The summed E-state index contributed by atoms with van der Waals surface area (Å²) >= 11 is 0. The van der Waals surface area contributed by atoms with Crippen molar-refractivity contribution in [3.63, 3.8) is 0 Å². The summed E-state index contributed by atoms with van der Waals surface area (Å²) < 4.78 is 5.46. The van der Waals surface area contributed by atoms with Crippen molar-refractivity contribution < 1.29 is 24.5 Å². The molecule has 6 nitrogen and oxygen atoms in total. The van der Waals surface area contributed by atoms with Gasteiger partial charge in [0.1, 0.15) is 0 Å². The largest absolute Gasteiger partial charge is 0.466 e. The van der Waals surface area contributed by atoms with Crippen molar-refractivity contribution in [1.82, 2.24) is 5.32 Å². The molecule has 1 amide bonds. The molecule has 0 bridgehead atoms. The Hall–Kier alpha value is -1.40. The van der Waals surface area contributed by atoms with E-state index < -0.39 is 12.1 Å². The standard InChI is InChI=1S/C57H111NO5/c1-3-5-7-9-11-13-15-16-17-18-20-23-26-30-33-37-41-45-49-55(60)54(53-59)58-56(61)50-46-42-38-34-31-27-24-21-19-22-25-28-32-36-40-44-48-52-63-57(62)51-47-43-39-35-29-14-12-10-8-6-4-2/h45,49,54-55,59-60H,3-44,46-48,50-53H2,1-2H3,(H,58,61)/b49-45+. The molecule has 0 saturated carbocycles. The Balaban J connectivity index is 3.45. The molecule has 2 atom stereocenters. The van der Waals surface area contributed by atoms with E-state index in [9.17, 15) is 19.8 Å². The SMILES string of the molecule is CCCCCCCCCCCCCCCCCC/C=C/C(O)C(CO)NC(=O)CCCCCCCCCCCCCCCCCCCOC(=O)CCCCCCCCCCCCC. The van der Waals surface area contributed by atoms with Crippen LogP contribution in [0.1, 0.15) is 316 Å². The number of hydrogen-bond donors (Lipinski definition) is 3. The fraction of sp³-hybridized carbons (Fsp3) is 0.930. The Morgan fingerprint density at radius 2 is 0.730 bits per heavy atom. The van der Waals surface area contributed by atoms with Crippen LogP contribution >= 0.6 is 0 Å². The number of aliphatic hydroxyl groups is 2. The molecular formula is C57H111NO5. The van der Waals surface area contributed by atoms with Crippen molar-refractivity contribution in [3.8, 4) is 0 Å². The highest BCUT2D eigenvalue weighted by Gasteiger charge is 2.18. The minimum Gasteiger partial charge on any atom is -0.466 e. The van der Waals surface area contributed by atoms with Crippen LogP contribution in [0, 0.1) is 0 Å². The van der Waals surface area contributed by atoms with Crippen molar-refractivity contribution in [2.75, 3.05) is 13.2 Å². The molecule has 0 saturated heterocycles. The highest BCUT2D eigenvalue weighted by molar-refractivity contribution is 5.76. The van der Waals surface area contributed by atoms with Crippen LogP contribution in [0.5, 0.6) is 0 Å². The lowest BCUT2D eigenvalue weighted by Crippen LogP contribution is -2.45. The van der Waals surface area contributed by atoms with Crippen LogP contribution < -0.4 is 5.32 Å². The fourth-order valence-corrected chi connectivity index (χ4v) is 8.93. The third-order valence-electron chi connectivity index (χ3n) is 13.3. The minimum atomic E-state index is -0.847. The number of aliphatic hydroxyl groups excluding tert-OH is 2. The van der Waals surface area contributed by atoms with Crippen molar-refractivity contribution in [2.45, 2.75) is 328 Å². The molecule has 6 heteroatoms. The zero-order chi connectivity index (χ0) is 45.8. The molecule has 374 valence electrons. The monoisotopic (exact) mass is 890 g/mol. The van der Waals surface area contributed by atoms with Crippen LogP contribution in [0.15, 0.2) is 12.2 Å². The van der Waals surface area contributed by atoms with E-state index in [1.54, 1.807) is 6.08 Å². The number of ether oxygens (including phenoxy) is 1. The van der Waals surface area contributed by atoms with Gasteiger partial charge in [0.05, 0.1) is 25.4 Å². The first-order chi connectivity index (χ1) is 31.0. The summed E-state index contributed by atoms with van der Waals surface area (Å²) in [5.74, 6) is -0.0660. The second-order valence-corrected chi connectivity index (χ2v) is 19.6. The molecule has 0 aromatic carbocycles. The molecule has 0 aromatic heterocycles. The van der Waals surface area contributed by atoms with Gasteiger partial charge in [-0.2, -0.15) is 0 Å². The van der Waals surface area contributed by atoms with Crippen LogP contribution in [-0.4, -0.2) is 47.4 Å². The summed E-state index contributed by atoms with van der Waals surface area (Å²) in [6.45, 7) is 4.91. The summed E-state index contributed by atoms with van der Waals surface area (Å²) in [6, 6.07) is -0.631. The second-order valence-electron chi connectivity index (χ2n) is 19.6. The predicted molar refractivity (Wildman–Crippen MR) is 273 cm³/mol. The Morgan fingerprint density at radius 3 is 1.08 bits per heavy atom. The molecule has 0 rings (SSSR count). The van der Waals surface area contributed by atoms with E-state index in [0.717, 1.165) is 44.9 Å². The van der Waals surface area contributed by atoms with Gasteiger partial charge in [0, 0.05) is 12.8 Å². The number of nitrogens with one attached hydrogen (secondary N) is 1. The molecule has 0 radical (unpaired) electrons. The topological polar surface area (TPSA) is 95.9 Å². The van der Waals surface area contributed by atoms with Crippen LogP contribution in [-0.2, 0) is 14.3 Å². The van der Waals surface area contributed by atoms with Crippen molar-refractivity contribution in [2.24, 2.45) is 0 Å². The van der Waals surface area contributed by atoms with Gasteiger partial charge in [-0.05, 0) is 32.1 Å². The summed E-state index contributed by atoms with van der Waals surface area (Å²) in [5, 5.41) is 23.1. The molecule has 0 fully saturated rings. The number of allylic oxidation sites excluding steroid dienone is 1. The third-order valence-corrected chi connectivity index (χ3v) is 13.3. The van der Waals surface area contributed by atoms with Gasteiger partial charge in [0.15, 0.2) is 0 Å². The molecule has 0 aliphatic heterocycles. The van der Waals surface area contributed by atoms with Crippen LogP contribution in [0.25, 0.3) is 0 Å². The van der Waals surface area contributed by atoms with E-state index in [-0.39, 0.29) is 18.5 Å². The molecule has 63 heavy (non-hydrogen) atoms. The summed E-state index contributed by atoms with van der Waals surface area (Å²) in [5.41, 5.74) is 0. The predicted octanol–water partition coefficient (Wildman–Crippen LogP) is 17.3. The van der Waals surface area contributed by atoms with E-state index in [2.05, 4.69) is 19.2 Å². The van der Waals surface area contributed by atoms with E-state index in [0.29, 0.717) is 19.4 Å². The minimum absolute atomic E-state index is 0.00462. The van der Waals surface area contributed by atoms with Gasteiger partial charge in [-0.1, -0.05) is 283 Å². The maximum atomic E-state index is 12.5. The lowest BCUT2D eigenvalue weighted by atomic mass is 10.0. The molecule has 0 aromatic rings. The lowest BCUT2D eigenvalue weighted by Gasteiger charge is -2.20. The van der Waals surface area contributed by atoms with Crippen molar-refractivity contribution >= 4 is 11.9 Å². The number of carbonyl (C=O) groups excluding carboxylic acids is 2. The zero-order valence-electron chi connectivity index (χ0n) is 42.6. The van der Waals surface area contributed by atoms with E-state index in [1.807, 2.05) is 6.08 Å². The van der Waals surface area contributed by atoms with Gasteiger partial charge in [-0.15, -0.1) is 0 Å². The van der Waals surface area contributed by atoms with Crippen LogP contribution in [0.3, 0.4) is 0 Å². The van der Waals surface area contributed by atoms with Crippen LogP contribution in [0.2, 0.25) is 0 Å². The summed E-state index contributed by atoms with van der Waals surface area (Å²) in [6.07, 6.45) is 62.2. The summed E-state index contributed by atoms with van der Waals surface area (Å²) in [7, 11) is 0. The van der Waals surface area contributed by atoms with Gasteiger partial charge in [0.2, 0.25) is 5.91 Å². The smallest absolute Gasteiger partial charge is 0.305 e. The van der Waals surface area contributed by atoms with Crippen molar-refractivity contribution in [1.29, 1.82) is 0 Å². The third kappa shape index (κ3) is 49.9. The second kappa shape index (κ2) is 53.2. The number of rotatable bonds is 53. The maximum Gasteiger partial charge on any atom is 0.305 e. The number of amides is 1. The van der Waals surface area contributed by atoms with Gasteiger partial charge in [0.25, 0.3) is 0 Å². The molecule has 0 aliphatic carbocycles. The van der Waals surface area contributed by atoms with E-state index in [1.165, 1.54) is 244 Å². The Bertz CT molecular complexity index is 939. The Kier molecular flexibility index (Phi) is 52.0. The maximum absolute atomic E-state index is 12.5. The zero-order valence-corrected chi connectivity index (χ0v) is 42.6. The number of unbranched alkanes of at least 4 members (excludes halogenated alkanes) is 42. The van der Waals surface area contributed by atoms with E-state index >= 15 is 0 Å². The molecular weight excluding hydrogens is 779 g/mol. The molecule has 0 spiro atoms. The van der Waals surface area contributed by atoms with Crippen LogP contribution in [0.4, 0.5) is 0 Å². The normalized spacial score (nSPS) is 12.6. The first-order valence-electron chi connectivity index (χ1n) is 28.5. The Morgan fingerprint density at radius 1 is 0.429 bits per heavy atom. The molecule has 3 N–H and O–H groups in total. The molecule has 0 aliphatic rings. The highest BCUT2D eigenvalue weighted by Crippen LogP contribution is 2.17. The quantitative estimate of drug-likeness (QED) is 0.0321. The van der Waals surface area contributed by atoms with Crippen molar-refractivity contribution in [3.05, 3.63) is 12.2 Å². The average Bonchev–Trinajstić information content (AvgIpc) is 3.28. The fourth-order valence-electron chi connectivity index (χ4n) is 8.93. The lowest BCUT2D eigenvalue weighted by molar-refractivity contribution is -0.143. The Labute approximate surface area is 393 Å². The van der Waals surface area contributed by atoms with Gasteiger partial charge >= 0.3 is 5.97 Å². The van der Waals surface area contributed by atoms with Gasteiger partial charge in [-0.25, -0.2) is 0 Å². The van der Waals surface area contributed by atoms with E-state index in [4.69, 9.17) is 4.74 Å². The number of carbonyl (C=O) groups is 2. The van der Waals surface area contributed by atoms with Gasteiger partial charge in [-0.3, -0.25) is 9.59 Å². The highest BCUT2D eigenvalue weighted by atomic mass is 16.5. The first-order valence-corrected chi connectivity index (χ1v) is 28.5.